The molecular formula is C24H29ClFN3O3. The average molecular weight is 462 g/mol. The molecule has 2 N–H and O–H groups in total. The van der Waals surface area contributed by atoms with Crippen LogP contribution in [0.15, 0.2) is 40.9 Å². The van der Waals surface area contributed by atoms with Gasteiger partial charge in [-0.15, -0.1) is 12.4 Å². The maximum Gasteiger partial charge on any atom is 0.234 e. The number of amides is 1. The van der Waals surface area contributed by atoms with E-state index in [0.29, 0.717) is 11.5 Å². The summed E-state index contributed by atoms with van der Waals surface area (Å²) < 4.78 is 18.7. The molecule has 6 nitrogen and oxygen atoms in total. The van der Waals surface area contributed by atoms with E-state index < -0.39 is 0 Å². The fourth-order valence-corrected chi connectivity index (χ4v) is 4.90. The quantitative estimate of drug-likeness (QED) is 0.586. The molecule has 1 atom stereocenters. The minimum absolute atomic E-state index is 0. The maximum atomic E-state index is 13.4. The normalized spacial score (nSPS) is 19.0. The van der Waals surface area contributed by atoms with Crippen LogP contribution in [0.4, 0.5) is 10.1 Å². The minimum Gasteiger partial charge on any atom is -0.412 e. The van der Waals surface area contributed by atoms with Gasteiger partial charge in [0.25, 0.3) is 0 Å². The SMILES string of the molecule is CC1C(=O)N(C)c2ccc(CCN3CCC(c4noc5cc(F)ccc45)CC3)cc21.Cl.O. The van der Waals surface area contributed by atoms with Gasteiger partial charge < -0.3 is 19.8 Å². The molecule has 1 amide bonds. The highest BCUT2D eigenvalue weighted by molar-refractivity contribution is 6.04. The van der Waals surface area contributed by atoms with Crippen molar-refractivity contribution in [2.75, 3.05) is 31.6 Å². The number of benzene rings is 2. The van der Waals surface area contributed by atoms with Gasteiger partial charge in [0.15, 0.2) is 5.58 Å². The summed E-state index contributed by atoms with van der Waals surface area (Å²) in [5.74, 6) is 0.186. The molecule has 1 aromatic heterocycles. The van der Waals surface area contributed by atoms with Crippen molar-refractivity contribution in [1.29, 1.82) is 0 Å². The molecule has 0 radical (unpaired) electrons. The Labute approximate surface area is 193 Å². The molecule has 0 bridgehead atoms. The van der Waals surface area contributed by atoms with E-state index in [1.807, 2.05) is 14.0 Å². The van der Waals surface area contributed by atoms with Gasteiger partial charge in [-0.1, -0.05) is 17.3 Å². The van der Waals surface area contributed by atoms with Gasteiger partial charge in [0, 0.05) is 36.7 Å². The molecule has 32 heavy (non-hydrogen) atoms. The van der Waals surface area contributed by atoms with Crippen molar-refractivity contribution in [3.63, 3.8) is 0 Å². The van der Waals surface area contributed by atoms with Crippen molar-refractivity contribution in [1.82, 2.24) is 10.1 Å². The molecular weight excluding hydrogens is 433 g/mol. The standard InChI is InChI=1S/C24H26FN3O2.ClH.H2O/c1-15-20-13-16(3-6-21(20)27(2)24(15)29)7-10-28-11-8-17(9-12-28)23-19-5-4-18(25)14-22(19)30-26-23;;/h3-6,13-15,17H,7-12H2,1-2H3;1H;1H2. The number of piperidine rings is 1. The third-order valence-corrected chi connectivity index (χ3v) is 6.77. The highest BCUT2D eigenvalue weighted by Gasteiger charge is 2.31. The summed E-state index contributed by atoms with van der Waals surface area (Å²) in [6.45, 7) is 5.03. The lowest BCUT2D eigenvalue weighted by atomic mass is 9.91. The van der Waals surface area contributed by atoms with E-state index in [1.165, 1.54) is 17.7 Å². The van der Waals surface area contributed by atoms with Crippen LogP contribution in [0.1, 0.15) is 48.4 Å². The van der Waals surface area contributed by atoms with Crippen LogP contribution in [0.5, 0.6) is 0 Å². The van der Waals surface area contributed by atoms with Gasteiger partial charge in [0.2, 0.25) is 5.91 Å². The van der Waals surface area contributed by atoms with Crippen molar-refractivity contribution in [3.8, 4) is 0 Å². The first-order valence-electron chi connectivity index (χ1n) is 10.7. The zero-order valence-electron chi connectivity index (χ0n) is 18.3. The smallest absolute Gasteiger partial charge is 0.234 e. The second-order valence-electron chi connectivity index (χ2n) is 8.59. The van der Waals surface area contributed by atoms with Crippen LogP contribution in [0.25, 0.3) is 11.0 Å². The number of likely N-dealkylation sites (N-methyl/N-ethyl adjacent to an activating group) is 1. The Kier molecular flexibility index (Phi) is 7.22. The number of rotatable bonds is 4. The summed E-state index contributed by atoms with van der Waals surface area (Å²) in [5.41, 5.74) is 4.97. The number of nitrogens with zero attached hydrogens (tertiary/aromatic N) is 3. The minimum atomic E-state index is -0.294. The summed E-state index contributed by atoms with van der Waals surface area (Å²) in [5, 5.41) is 5.17. The van der Waals surface area contributed by atoms with Crippen LogP contribution in [0.2, 0.25) is 0 Å². The third-order valence-electron chi connectivity index (χ3n) is 6.77. The van der Waals surface area contributed by atoms with Gasteiger partial charge >= 0.3 is 0 Å². The number of carbonyl (C=O) groups excluding carboxylic acids is 1. The lowest BCUT2D eigenvalue weighted by molar-refractivity contribution is -0.118. The highest BCUT2D eigenvalue weighted by Crippen LogP contribution is 2.37. The first kappa shape index (κ1) is 24.2. The monoisotopic (exact) mass is 461 g/mol. The lowest BCUT2D eigenvalue weighted by Gasteiger charge is -2.31. The number of hydrogen-bond acceptors (Lipinski definition) is 4. The molecule has 3 aromatic rings. The summed E-state index contributed by atoms with van der Waals surface area (Å²) in [6, 6.07) is 11.1. The third kappa shape index (κ3) is 4.25. The predicted molar refractivity (Wildman–Crippen MR) is 125 cm³/mol. The Hall–Kier alpha value is -2.48. The van der Waals surface area contributed by atoms with Gasteiger partial charge in [0.1, 0.15) is 5.82 Å². The predicted octanol–water partition coefficient (Wildman–Crippen LogP) is 4.07. The van der Waals surface area contributed by atoms with Crippen molar-refractivity contribution in [3.05, 3.63) is 59.0 Å². The second kappa shape index (κ2) is 9.57. The Morgan fingerprint density at radius 2 is 1.91 bits per heavy atom. The van der Waals surface area contributed by atoms with Gasteiger partial charge in [-0.3, -0.25) is 4.79 Å². The van der Waals surface area contributed by atoms with Crippen LogP contribution >= 0.6 is 12.4 Å². The highest BCUT2D eigenvalue weighted by atomic mass is 35.5. The number of fused-ring (bicyclic) bond motifs is 2. The number of anilines is 1. The molecule has 2 aliphatic heterocycles. The average Bonchev–Trinajstić information content (AvgIpc) is 3.27. The number of halogens is 2. The van der Waals surface area contributed by atoms with Gasteiger partial charge in [0.05, 0.1) is 11.6 Å². The van der Waals surface area contributed by atoms with Gasteiger partial charge in [-0.05, 0) is 68.6 Å². The van der Waals surface area contributed by atoms with Crippen molar-refractivity contribution < 1.29 is 19.2 Å². The Balaban J connectivity index is 0.00000144. The second-order valence-corrected chi connectivity index (χ2v) is 8.59. The number of likely N-dealkylation sites (tertiary alicyclic amines) is 1. The van der Waals surface area contributed by atoms with E-state index in [1.54, 1.807) is 11.0 Å². The molecule has 1 fully saturated rings. The van der Waals surface area contributed by atoms with Crippen LogP contribution in [0.3, 0.4) is 0 Å². The van der Waals surface area contributed by atoms with Crippen LogP contribution < -0.4 is 4.90 Å². The molecule has 2 aromatic carbocycles. The van der Waals surface area contributed by atoms with Crippen molar-refractivity contribution in [2.45, 2.75) is 38.0 Å². The molecule has 2 aliphatic rings. The maximum absolute atomic E-state index is 13.4. The summed E-state index contributed by atoms with van der Waals surface area (Å²) in [6.07, 6.45) is 3.04. The van der Waals surface area contributed by atoms with Crippen molar-refractivity contribution >= 4 is 35.0 Å². The molecule has 5 rings (SSSR count). The largest absolute Gasteiger partial charge is 0.412 e. The molecule has 0 spiro atoms. The number of aromatic nitrogens is 1. The summed E-state index contributed by atoms with van der Waals surface area (Å²) in [4.78, 5) is 16.4. The van der Waals surface area contributed by atoms with Gasteiger partial charge in [-0.25, -0.2) is 4.39 Å². The Morgan fingerprint density at radius 3 is 2.66 bits per heavy atom. The van der Waals surface area contributed by atoms with E-state index in [9.17, 15) is 9.18 Å². The molecule has 3 heterocycles. The zero-order chi connectivity index (χ0) is 20.8. The fourth-order valence-electron chi connectivity index (χ4n) is 4.90. The fraction of sp³-hybridized carbons (Fsp3) is 0.417. The number of hydrogen-bond donors (Lipinski definition) is 0. The van der Waals surface area contributed by atoms with Crippen LogP contribution in [0, 0.1) is 5.82 Å². The van der Waals surface area contributed by atoms with E-state index in [2.05, 4.69) is 28.3 Å². The van der Waals surface area contributed by atoms with Crippen LogP contribution in [-0.2, 0) is 11.2 Å². The van der Waals surface area contributed by atoms with Crippen LogP contribution in [-0.4, -0.2) is 48.1 Å². The lowest BCUT2D eigenvalue weighted by Crippen LogP contribution is -2.34. The molecule has 1 saturated heterocycles. The first-order valence-corrected chi connectivity index (χ1v) is 10.7. The van der Waals surface area contributed by atoms with Gasteiger partial charge in [-0.2, -0.15) is 0 Å². The van der Waals surface area contributed by atoms with E-state index in [-0.39, 0.29) is 35.5 Å². The summed E-state index contributed by atoms with van der Waals surface area (Å²) in [7, 11) is 1.85. The molecule has 1 unspecified atom stereocenters. The Bertz CT molecular complexity index is 1110. The molecule has 172 valence electrons. The Morgan fingerprint density at radius 1 is 1.16 bits per heavy atom. The van der Waals surface area contributed by atoms with E-state index >= 15 is 0 Å². The number of carbonyl (C=O) groups is 1. The topological polar surface area (TPSA) is 81.1 Å². The van der Waals surface area contributed by atoms with E-state index in [4.69, 9.17) is 4.52 Å². The van der Waals surface area contributed by atoms with Crippen molar-refractivity contribution in [2.24, 2.45) is 0 Å². The summed E-state index contributed by atoms with van der Waals surface area (Å²) >= 11 is 0. The first-order chi connectivity index (χ1) is 14.5. The molecule has 0 aliphatic carbocycles. The molecule has 0 saturated carbocycles. The van der Waals surface area contributed by atoms with E-state index in [0.717, 1.165) is 61.2 Å². The molecule has 8 heteroatoms. The zero-order valence-corrected chi connectivity index (χ0v) is 19.1.